The summed E-state index contributed by atoms with van der Waals surface area (Å²) in [4.78, 5) is 0.282. The molecule has 0 aromatic heterocycles. The molecule has 2 aromatic carbocycles. The van der Waals surface area contributed by atoms with Gasteiger partial charge in [0.2, 0.25) is 0 Å². The molecule has 5 heteroatoms. The molecule has 0 unspecified atom stereocenters. The highest BCUT2D eigenvalue weighted by atomic mass is 32.2. The van der Waals surface area contributed by atoms with E-state index in [1.54, 1.807) is 24.3 Å². The second-order valence-electron chi connectivity index (χ2n) is 6.72. The Bertz CT molecular complexity index is 772. The van der Waals surface area contributed by atoms with Gasteiger partial charge < -0.3 is 9.47 Å². The van der Waals surface area contributed by atoms with Crippen LogP contribution in [-0.2, 0) is 15.3 Å². The number of sulfone groups is 1. The van der Waals surface area contributed by atoms with Crippen LogP contribution in [0, 0.1) is 0 Å². The standard InChI is InChI=1S/C19H24O4S/c1-19(2,3)15-6-5-7-17(14-15)23-13-12-22-16-8-10-18(11-9-16)24(4,20)21/h5-11,14H,12-13H2,1-4H3. The maximum atomic E-state index is 11.4. The molecule has 0 heterocycles. The van der Waals surface area contributed by atoms with Gasteiger partial charge in [-0.25, -0.2) is 8.42 Å². The predicted molar refractivity (Wildman–Crippen MR) is 95.7 cm³/mol. The number of rotatable bonds is 6. The van der Waals surface area contributed by atoms with Crippen LogP contribution in [0.1, 0.15) is 26.3 Å². The highest BCUT2D eigenvalue weighted by molar-refractivity contribution is 7.90. The van der Waals surface area contributed by atoms with Crippen LogP contribution in [0.4, 0.5) is 0 Å². The van der Waals surface area contributed by atoms with E-state index in [1.807, 2.05) is 18.2 Å². The minimum Gasteiger partial charge on any atom is -0.490 e. The Hall–Kier alpha value is -2.01. The van der Waals surface area contributed by atoms with Gasteiger partial charge in [0.25, 0.3) is 0 Å². The van der Waals surface area contributed by atoms with E-state index in [0.29, 0.717) is 19.0 Å². The van der Waals surface area contributed by atoms with Crippen LogP contribution in [0.5, 0.6) is 11.5 Å². The van der Waals surface area contributed by atoms with Crippen molar-refractivity contribution in [3.05, 3.63) is 54.1 Å². The Morgan fingerprint density at radius 2 is 1.46 bits per heavy atom. The van der Waals surface area contributed by atoms with Crippen molar-refractivity contribution in [2.45, 2.75) is 31.1 Å². The molecule has 0 saturated heterocycles. The number of benzene rings is 2. The molecule has 0 fully saturated rings. The molecule has 0 aliphatic rings. The number of hydrogen-bond acceptors (Lipinski definition) is 4. The molecular weight excluding hydrogens is 324 g/mol. The van der Waals surface area contributed by atoms with E-state index in [1.165, 1.54) is 11.8 Å². The second-order valence-corrected chi connectivity index (χ2v) is 8.73. The van der Waals surface area contributed by atoms with E-state index >= 15 is 0 Å². The summed E-state index contributed by atoms with van der Waals surface area (Å²) in [7, 11) is -3.18. The topological polar surface area (TPSA) is 52.6 Å². The van der Waals surface area contributed by atoms with E-state index in [-0.39, 0.29) is 10.3 Å². The molecule has 24 heavy (non-hydrogen) atoms. The van der Waals surface area contributed by atoms with E-state index in [2.05, 4.69) is 26.8 Å². The lowest BCUT2D eigenvalue weighted by Crippen LogP contribution is -2.12. The Morgan fingerprint density at radius 1 is 0.875 bits per heavy atom. The summed E-state index contributed by atoms with van der Waals surface area (Å²) in [6.07, 6.45) is 1.18. The zero-order chi connectivity index (χ0) is 17.8. The largest absolute Gasteiger partial charge is 0.490 e. The quantitative estimate of drug-likeness (QED) is 0.744. The Balaban J connectivity index is 1.85. The molecule has 0 atom stereocenters. The summed E-state index contributed by atoms with van der Waals surface area (Å²) in [5.74, 6) is 1.44. The fraction of sp³-hybridized carbons (Fsp3) is 0.368. The van der Waals surface area contributed by atoms with Crippen LogP contribution in [0.25, 0.3) is 0 Å². The second kappa shape index (κ2) is 7.26. The van der Waals surface area contributed by atoms with Gasteiger partial charge in [0, 0.05) is 6.26 Å². The lowest BCUT2D eigenvalue weighted by molar-refractivity contribution is 0.217. The molecule has 0 bridgehead atoms. The molecule has 0 aliphatic carbocycles. The first kappa shape index (κ1) is 18.3. The molecule has 0 saturated carbocycles. The summed E-state index contributed by atoms with van der Waals surface area (Å²) in [5.41, 5.74) is 1.30. The first-order valence-corrected chi connectivity index (χ1v) is 9.72. The van der Waals surface area contributed by atoms with Crippen molar-refractivity contribution in [1.82, 2.24) is 0 Å². The summed E-state index contributed by atoms with van der Waals surface area (Å²) in [6, 6.07) is 14.4. The molecule has 0 aliphatic heterocycles. The first-order chi connectivity index (χ1) is 11.2. The fourth-order valence-electron chi connectivity index (χ4n) is 2.15. The van der Waals surface area contributed by atoms with Gasteiger partial charge in [0.15, 0.2) is 9.84 Å². The zero-order valence-electron chi connectivity index (χ0n) is 14.6. The minimum atomic E-state index is -3.18. The van der Waals surface area contributed by atoms with Gasteiger partial charge in [-0.2, -0.15) is 0 Å². The molecule has 130 valence electrons. The van der Waals surface area contributed by atoms with Crippen LogP contribution < -0.4 is 9.47 Å². The van der Waals surface area contributed by atoms with Gasteiger partial charge in [-0.3, -0.25) is 0 Å². The van der Waals surface area contributed by atoms with Crippen LogP contribution in [0.15, 0.2) is 53.4 Å². The maximum Gasteiger partial charge on any atom is 0.175 e. The molecular formula is C19H24O4S. The van der Waals surface area contributed by atoms with Gasteiger partial charge in [-0.15, -0.1) is 0 Å². The maximum absolute atomic E-state index is 11.4. The van der Waals surface area contributed by atoms with Gasteiger partial charge in [-0.1, -0.05) is 32.9 Å². The van der Waals surface area contributed by atoms with Gasteiger partial charge >= 0.3 is 0 Å². The molecule has 0 amide bonds. The third-order valence-corrected chi connectivity index (χ3v) is 4.70. The Labute approximate surface area is 144 Å². The smallest absolute Gasteiger partial charge is 0.175 e. The molecule has 0 radical (unpaired) electrons. The SMILES string of the molecule is CC(C)(C)c1cccc(OCCOc2ccc(S(C)(=O)=O)cc2)c1. The Kier molecular flexibility index (Phi) is 5.54. The molecule has 2 rings (SSSR count). The van der Waals surface area contributed by atoms with Crippen LogP contribution in [0.3, 0.4) is 0 Å². The Morgan fingerprint density at radius 3 is 2.00 bits per heavy atom. The van der Waals surface area contributed by atoms with E-state index in [9.17, 15) is 8.42 Å². The first-order valence-electron chi connectivity index (χ1n) is 7.82. The van der Waals surface area contributed by atoms with Crippen molar-refractivity contribution in [3.63, 3.8) is 0 Å². The summed E-state index contributed by atoms with van der Waals surface area (Å²) >= 11 is 0. The summed E-state index contributed by atoms with van der Waals surface area (Å²) < 4.78 is 34.1. The van der Waals surface area contributed by atoms with Gasteiger partial charge in [0.05, 0.1) is 4.90 Å². The summed E-state index contributed by atoms with van der Waals surface area (Å²) in [5, 5.41) is 0. The zero-order valence-corrected chi connectivity index (χ0v) is 15.4. The molecule has 0 spiro atoms. The fourth-order valence-corrected chi connectivity index (χ4v) is 2.78. The van der Waals surface area contributed by atoms with Crippen molar-refractivity contribution in [3.8, 4) is 11.5 Å². The highest BCUT2D eigenvalue weighted by Gasteiger charge is 2.13. The van der Waals surface area contributed by atoms with E-state index in [0.717, 1.165) is 5.75 Å². The lowest BCUT2D eigenvalue weighted by Gasteiger charge is -2.19. The lowest BCUT2D eigenvalue weighted by atomic mass is 9.87. The molecule has 4 nitrogen and oxygen atoms in total. The average molecular weight is 348 g/mol. The van der Waals surface area contributed by atoms with Crippen molar-refractivity contribution in [2.24, 2.45) is 0 Å². The number of ether oxygens (including phenoxy) is 2. The predicted octanol–water partition coefficient (Wildman–Crippen LogP) is 3.85. The van der Waals surface area contributed by atoms with Gasteiger partial charge in [-0.05, 0) is 47.4 Å². The summed E-state index contributed by atoms with van der Waals surface area (Å²) in [6.45, 7) is 7.29. The van der Waals surface area contributed by atoms with Crippen molar-refractivity contribution in [2.75, 3.05) is 19.5 Å². The minimum absolute atomic E-state index is 0.0806. The van der Waals surface area contributed by atoms with E-state index < -0.39 is 9.84 Å². The van der Waals surface area contributed by atoms with Gasteiger partial charge in [0.1, 0.15) is 24.7 Å². The third-order valence-electron chi connectivity index (χ3n) is 3.57. The number of hydrogen-bond donors (Lipinski definition) is 0. The third kappa shape index (κ3) is 5.27. The van der Waals surface area contributed by atoms with E-state index in [4.69, 9.17) is 9.47 Å². The monoisotopic (exact) mass is 348 g/mol. The molecule has 0 N–H and O–H groups in total. The normalized spacial score (nSPS) is 12.0. The van der Waals surface area contributed by atoms with Crippen molar-refractivity contribution < 1.29 is 17.9 Å². The van der Waals surface area contributed by atoms with Crippen LogP contribution in [0.2, 0.25) is 0 Å². The average Bonchev–Trinajstić information content (AvgIpc) is 2.51. The van der Waals surface area contributed by atoms with Crippen molar-refractivity contribution >= 4 is 9.84 Å². The van der Waals surface area contributed by atoms with Crippen LogP contribution in [-0.4, -0.2) is 27.9 Å². The van der Waals surface area contributed by atoms with Crippen LogP contribution >= 0.6 is 0 Å². The molecule has 2 aromatic rings. The highest BCUT2D eigenvalue weighted by Crippen LogP contribution is 2.25. The van der Waals surface area contributed by atoms with Crippen molar-refractivity contribution in [1.29, 1.82) is 0 Å².